The molecule has 0 radical (unpaired) electrons. The first-order valence-electron chi connectivity index (χ1n) is 12.1. The average molecular weight is 522 g/mol. The monoisotopic (exact) mass is 521 g/mol. The van der Waals surface area contributed by atoms with E-state index in [1.165, 1.54) is 6.07 Å². The van der Waals surface area contributed by atoms with Crippen molar-refractivity contribution in [3.63, 3.8) is 0 Å². The van der Waals surface area contributed by atoms with E-state index in [9.17, 15) is 13.2 Å². The zero-order valence-electron chi connectivity index (χ0n) is 21.7. The van der Waals surface area contributed by atoms with Crippen molar-refractivity contribution in [2.24, 2.45) is 10.9 Å². The van der Waals surface area contributed by atoms with Crippen LogP contribution in [0.4, 0.5) is 10.5 Å². The van der Waals surface area contributed by atoms with Crippen molar-refractivity contribution in [3.05, 3.63) is 83.4 Å². The fourth-order valence-corrected chi connectivity index (χ4v) is 4.99. The summed E-state index contributed by atoms with van der Waals surface area (Å²) in [7, 11) is -4.09. The normalized spacial score (nSPS) is 11.7. The largest absolute Gasteiger partial charge is 0.384 e. The quantitative estimate of drug-likeness (QED) is 0.244. The average Bonchev–Trinajstić information content (AvgIpc) is 2.83. The Bertz CT molecular complexity index is 1410. The molecule has 2 amide bonds. The SMILES string of the molecule is CCCN(Cc1cccc(C(=N)N)c1)C(=O)Nc1ccc(-c2ccccc2C(C)(C)C)c(S(N)(=O)=O)c1. The van der Waals surface area contributed by atoms with E-state index in [1.54, 1.807) is 35.2 Å². The lowest BCUT2D eigenvalue weighted by Crippen LogP contribution is -2.35. The number of benzene rings is 3. The van der Waals surface area contributed by atoms with Crippen molar-refractivity contribution in [1.82, 2.24) is 4.90 Å². The number of amides is 2. The van der Waals surface area contributed by atoms with Crippen molar-refractivity contribution in [3.8, 4) is 11.1 Å². The van der Waals surface area contributed by atoms with Gasteiger partial charge in [-0.05, 0) is 46.7 Å². The van der Waals surface area contributed by atoms with Gasteiger partial charge < -0.3 is 16.0 Å². The lowest BCUT2D eigenvalue weighted by Gasteiger charge is -2.25. The van der Waals surface area contributed by atoms with Gasteiger partial charge in [0.15, 0.2) is 0 Å². The number of nitrogen functional groups attached to an aromatic ring is 1. The number of sulfonamides is 1. The van der Waals surface area contributed by atoms with Gasteiger partial charge in [0.1, 0.15) is 5.84 Å². The van der Waals surface area contributed by atoms with Crippen LogP contribution >= 0.6 is 0 Å². The molecule has 0 saturated heterocycles. The van der Waals surface area contributed by atoms with Crippen LogP contribution in [0.1, 0.15) is 50.8 Å². The minimum absolute atomic E-state index is 0.0445. The number of nitrogens with two attached hydrogens (primary N) is 2. The first-order chi connectivity index (χ1) is 17.3. The second kappa shape index (κ2) is 11.1. The molecule has 0 aliphatic rings. The molecular weight excluding hydrogens is 486 g/mol. The number of rotatable bonds is 8. The van der Waals surface area contributed by atoms with Gasteiger partial charge in [-0.2, -0.15) is 0 Å². The van der Waals surface area contributed by atoms with Crippen molar-refractivity contribution >= 4 is 27.6 Å². The van der Waals surface area contributed by atoms with Crippen molar-refractivity contribution in [2.75, 3.05) is 11.9 Å². The number of carbonyl (C=O) groups is 1. The maximum Gasteiger partial charge on any atom is 0.322 e. The summed E-state index contributed by atoms with van der Waals surface area (Å²) in [5, 5.41) is 16.1. The Morgan fingerprint density at radius 1 is 1.00 bits per heavy atom. The molecule has 0 bridgehead atoms. The van der Waals surface area contributed by atoms with Crippen LogP contribution in [0.5, 0.6) is 0 Å². The molecule has 0 aromatic heterocycles. The summed E-state index contributed by atoms with van der Waals surface area (Å²) >= 11 is 0. The zero-order valence-corrected chi connectivity index (χ0v) is 22.5. The maximum atomic E-state index is 13.2. The van der Waals surface area contributed by atoms with Crippen LogP contribution in [-0.4, -0.2) is 31.7 Å². The highest BCUT2D eigenvalue weighted by Crippen LogP contribution is 2.37. The minimum Gasteiger partial charge on any atom is -0.384 e. The van der Waals surface area contributed by atoms with E-state index in [4.69, 9.17) is 16.3 Å². The number of nitrogens with zero attached hydrogens (tertiary/aromatic N) is 1. The highest BCUT2D eigenvalue weighted by atomic mass is 32.2. The van der Waals surface area contributed by atoms with Gasteiger partial charge in [0.25, 0.3) is 0 Å². The van der Waals surface area contributed by atoms with E-state index < -0.39 is 10.0 Å². The van der Waals surface area contributed by atoms with Gasteiger partial charge in [-0.3, -0.25) is 5.41 Å². The molecule has 0 fully saturated rings. The Morgan fingerprint density at radius 3 is 2.32 bits per heavy atom. The molecule has 3 rings (SSSR count). The summed E-state index contributed by atoms with van der Waals surface area (Å²) in [6, 6.07) is 19.2. The topological polar surface area (TPSA) is 142 Å². The summed E-state index contributed by atoms with van der Waals surface area (Å²) in [5.41, 5.74) is 9.36. The summed E-state index contributed by atoms with van der Waals surface area (Å²) in [6.07, 6.45) is 0.727. The second-order valence-corrected chi connectivity index (χ2v) is 11.5. The summed E-state index contributed by atoms with van der Waals surface area (Å²) in [5.74, 6) is -0.0445. The summed E-state index contributed by atoms with van der Waals surface area (Å²) < 4.78 is 25.2. The van der Waals surface area contributed by atoms with Crippen molar-refractivity contribution in [1.29, 1.82) is 5.41 Å². The van der Waals surface area contributed by atoms with Crippen LogP contribution in [0, 0.1) is 5.41 Å². The Labute approximate surface area is 219 Å². The van der Waals surface area contributed by atoms with Gasteiger partial charge in [0.2, 0.25) is 10.0 Å². The molecule has 0 aliphatic carbocycles. The highest BCUT2D eigenvalue weighted by Gasteiger charge is 2.24. The van der Waals surface area contributed by atoms with Crippen LogP contribution < -0.4 is 16.2 Å². The molecule has 9 heteroatoms. The van der Waals surface area contributed by atoms with Crippen LogP contribution in [0.3, 0.4) is 0 Å². The standard InChI is InChI=1S/C28H35N5O3S/c1-5-15-33(18-19-9-8-10-20(16-19)26(29)30)27(34)32-21-13-14-23(25(17-21)37(31,35)36)22-11-6-7-12-24(22)28(2,3)4/h6-14,16-17H,5,15,18H2,1-4H3,(H3,29,30)(H,32,34)(H2,31,35,36). The van der Waals surface area contributed by atoms with E-state index >= 15 is 0 Å². The van der Waals surface area contributed by atoms with E-state index in [2.05, 4.69) is 26.1 Å². The number of primary sulfonamides is 1. The first kappa shape index (κ1) is 27.9. The number of hydrogen-bond donors (Lipinski definition) is 4. The van der Waals surface area contributed by atoms with Crippen molar-refractivity contribution < 1.29 is 13.2 Å². The van der Waals surface area contributed by atoms with Gasteiger partial charge in [-0.15, -0.1) is 0 Å². The Morgan fingerprint density at radius 2 is 1.70 bits per heavy atom. The fraction of sp³-hybridized carbons (Fsp3) is 0.286. The van der Waals surface area contributed by atoms with E-state index in [1.807, 2.05) is 37.3 Å². The molecule has 8 nitrogen and oxygen atoms in total. The molecule has 0 aliphatic heterocycles. The number of urea groups is 1. The second-order valence-electron chi connectivity index (χ2n) is 10.0. The van der Waals surface area contributed by atoms with Gasteiger partial charge in [0.05, 0.1) is 4.90 Å². The predicted octanol–water partition coefficient (Wildman–Crippen LogP) is 5.03. The molecule has 6 N–H and O–H groups in total. The molecule has 0 saturated carbocycles. The summed E-state index contributed by atoms with van der Waals surface area (Å²) in [6.45, 7) is 8.93. The highest BCUT2D eigenvalue weighted by molar-refractivity contribution is 7.89. The van der Waals surface area contributed by atoms with Crippen LogP contribution in [0.15, 0.2) is 71.6 Å². The van der Waals surface area contributed by atoms with Gasteiger partial charge in [0, 0.05) is 29.9 Å². The number of amidine groups is 1. The van der Waals surface area contributed by atoms with E-state index in [0.717, 1.165) is 23.1 Å². The van der Waals surface area contributed by atoms with E-state index in [-0.39, 0.29) is 22.2 Å². The third kappa shape index (κ3) is 6.96. The summed E-state index contributed by atoms with van der Waals surface area (Å²) in [4.78, 5) is 14.8. The number of anilines is 1. The van der Waals surface area contributed by atoms with Crippen LogP contribution in [0.25, 0.3) is 11.1 Å². The number of carbonyl (C=O) groups excluding carboxylic acids is 1. The maximum absolute atomic E-state index is 13.2. The number of hydrogen-bond acceptors (Lipinski definition) is 4. The molecule has 3 aromatic rings. The molecule has 0 atom stereocenters. The van der Waals surface area contributed by atoms with E-state index in [0.29, 0.717) is 29.9 Å². The third-order valence-electron chi connectivity index (χ3n) is 5.96. The Balaban J connectivity index is 1.95. The smallest absolute Gasteiger partial charge is 0.322 e. The molecule has 196 valence electrons. The fourth-order valence-electron chi connectivity index (χ4n) is 4.21. The Kier molecular flexibility index (Phi) is 8.40. The zero-order chi connectivity index (χ0) is 27.4. The lowest BCUT2D eigenvalue weighted by molar-refractivity contribution is 0.209. The van der Waals surface area contributed by atoms with Gasteiger partial charge in [-0.1, -0.05) is 76.2 Å². The molecule has 0 spiro atoms. The molecular formula is C28H35N5O3S. The Hall–Kier alpha value is -3.69. The molecule has 0 unspecified atom stereocenters. The molecule has 37 heavy (non-hydrogen) atoms. The van der Waals surface area contributed by atoms with Crippen molar-refractivity contribution in [2.45, 2.75) is 51.0 Å². The first-order valence-corrected chi connectivity index (χ1v) is 13.6. The predicted molar refractivity (Wildman–Crippen MR) is 149 cm³/mol. The third-order valence-corrected chi connectivity index (χ3v) is 6.91. The molecule has 0 heterocycles. The van der Waals surface area contributed by atoms with Crippen LogP contribution in [0.2, 0.25) is 0 Å². The minimum atomic E-state index is -4.09. The molecule has 3 aromatic carbocycles. The lowest BCUT2D eigenvalue weighted by atomic mass is 9.82. The van der Waals surface area contributed by atoms with Gasteiger partial charge in [-0.25, -0.2) is 18.4 Å². The number of nitrogens with one attached hydrogen (secondary N) is 2. The van der Waals surface area contributed by atoms with Crippen LogP contribution in [-0.2, 0) is 22.0 Å². The van der Waals surface area contributed by atoms with Gasteiger partial charge >= 0.3 is 6.03 Å².